The van der Waals surface area contributed by atoms with Crippen molar-refractivity contribution in [3.05, 3.63) is 11.1 Å². The number of hydrogen-bond donors (Lipinski definition) is 0. The van der Waals surface area contributed by atoms with Gasteiger partial charge in [-0.05, 0) is 92.3 Å². The van der Waals surface area contributed by atoms with Crippen molar-refractivity contribution in [1.82, 2.24) is 0 Å². The summed E-state index contributed by atoms with van der Waals surface area (Å²) in [4.78, 5) is 24.1. The molecule has 0 aromatic carbocycles. The first-order valence-corrected chi connectivity index (χ1v) is 14.2. The largest absolute Gasteiger partial charge is 0.462 e. The first-order valence-electron chi connectivity index (χ1n) is 14.2. The molecule has 0 saturated heterocycles. The fourth-order valence-corrected chi connectivity index (χ4v) is 9.52. The van der Waals surface area contributed by atoms with Gasteiger partial charge in [-0.25, -0.2) is 0 Å². The van der Waals surface area contributed by atoms with Gasteiger partial charge in [0.15, 0.2) is 0 Å². The summed E-state index contributed by atoms with van der Waals surface area (Å²) in [6, 6.07) is 0. The second kappa shape index (κ2) is 9.07. The minimum Gasteiger partial charge on any atom is -0.462 e. The number of carbonyl (C=O) groups is 2. The van der Waals surface area contributed by atoms with E-state index in [9.17, 15) is 9.59 Å². The summed E-state index contributed by atoms with van der Waals surface area (Å²) in [5.41, 5.74) is 4.29. The summed E-state index contributed by atoms with van der Waals surface area (Å²) in [5, 5.41) is 0. The van der Waals surface area contributed by atoms with E-state index in [0.29, 0.717) is 23.0 Å². The van der Waals surface area contributed by atoms with E-state index >= 15 is 0 Å². The van der Waals surface area contributed by atoms with Gasteiger partial charge >= 0.3 is 5.97 Å². The zero-order valence-electron chi connectivity index (χ0n) is 23.3. The van der Waals surface area contributed by atoms with Crippen LogP contribution < -0.4 is 0 Å². The quantitative estimate of drug-likeness (QED) is 0.292. The molecule has 2 saturated carbocycles. The molecule has 2 fully saturated rings. The number of rotatable bonds is 6. The Labute approximate surface area is 208 Å². The average Bonchev–Trinajstić information content (AvgIpc) is 3.11. The Hall–Kier alpha value is -1.12. The molecule has 34 heavy (non-hydrogen) atoms. The van der Waals surface area contributed by atoms with E-state index in [0.717, 1.165) is 37.5 Å². The Morgan fingerprint density at radius 3 is 2.32 bits per heavy atom. The Kier molecular flexibility index (Phi) is 6.93. The molecule has 0 aliphatic heterocycles. The highest BCUT2D eigenvalue weighted by atomic mass is 16.5. The zero-order valence-corrected chi connectivity index (χ0v) is 23.3. The lowest BCUT2D eigenvalue weighted by Crippen LogP contribution is -2.54. The van der Waals surface area contributed by atoms with Crippen LogP contribution in [0.2, 0.25) is 0 Å². The molecule has 3 nitrogen and oxygen atoms in total. The summed E-state index contributed by atoms with van der Waals surface area (Å²) in [6.45, 7) is 17.9. The van der Waals surface area contributed by atoms with Crippen molar-refractivity contribution < 1.29 is 14.3 Å². The van der Waals surface area contributed by atoms with Gasteiger partial charge in [-0.2, -0.15) is 0 Å². The van der Waals surface area contributed by atoms with Crippen LogP contribution in [-0.2, 0) is 14.3 Å². The standard InChI is InChI=1S/C31H50O3/c1-19(2)26(33)13-9-20(3)23-11-12-24-22-10-14-27-29(5,6)28(34-21(4)32)16-18-31(27,8)25(22)15-17-30(23,24)7/h19-20,23-24,27-28H,9-18H2,1-8H3. The highest BCUT2D eigenvalue weighted by Crippen LogP contribution is 2.68. The van der Waals surface area contributed by atoms with Crippen molar-refractivity contribution in [3.63, 3.8) is 0 Å². The molecule has 3 heteroatoms. The summed E-state index contributed by atoms with van der Waals surface area (Å²) >= 11 is 0. The highest BCUT2D eigenvalue weighted by Gasteiger charge is 2.59. The Morgan fingerprint density at radius 1 is 0.971 bits per heavy atom. The molecule has 0 aromatic rings. The summed E-state index contributed by atoms with van der Waals surface area (Å²) < 4.78 is 5.84. The third kappa shape index (κ3) is 4.11. The van der Waals surface area contributed by atoms with Crippen LogP contribution in [0.3, 0.4) is 0 Å². The minimum absolute atomic E-state index is 0.0215. The molecule has 0 bridgehead atoms. The number of hydrogen-bond acceptors (Lipinski definition) is 3. The molecule has 4 aliphatic carbocycles. The SMILES string of the molecule is CC(=O)OC1CCC2(C)C3=C(CCC2C1(C)C)C1CCC(C(C)CCC(=O)C(C)C)C1(C)CC3. The number of ether oxygens (including phenoxy) is 1. The van der Waals surface area contributed by atoms with Gasteiger partial charge in [0.25, 0.3) is 0 Å². The molecule has 0 amide bonds. The summed E-state index contributed by atoms with van der Waals surface area (Å²) in [6.07, 6.45) is 11.7. The maximum Gasteiger partial charge on any atom is 0.302 e. The number of Topliss-reactive ketones (excluding diaryl/α,β-unsaturated/α-hetero) is 1. The third-order valence-corrected chi connectivity index (χ3v) is 11.4. The molecule has 192 valence electrons. The van der Waals surface area contributed by atoms with Gasteiger partial charge in [0.2, 0.25) is 0 Å². The second-order valence-corrected chi connectivity index (χ2v) is 13.8. The lowest BCUT2D eigenvalue weighted by molar-refractivity contribution is -0.167. The van der Waals surface area contributed by atoms with E-state index in [2.05, 4.69) is 34.6 Å². The predicted molar refractivity (Wildman–Crippen MR) is 138 cm³/mol. The zero-order chi connectivity index (χ0) is 25.1. The number of allylic oxidation sites excluding steroid dienone is 2. The molecule has 0 radical (unpaired) electrons. The van der Waals surface area contributed by atoms with Crippen LogP contribution in [0.4, 0.5) is 0 Å². The van der Waals surface area contributed by atoms with E-state index < -0.39 is 0 Å². The molecule has 0 N–H and O–H groups in total. The van der Waals surface area contributed by atoms with Crippen LogP contribution in [-0.4, -0.2) is 17.9 Å². The average molecular weight is 471 g/mol. The van der Waals surface area contributed by atoms with Crippen LogP contribution in [0.1, 0.15) is 120 Å². The van der Waals surface area contributed by atoms with Crippen molar-refractivity contribution in [3.8, 4) is 0 Å². The molecule has 4 rings (SSSR count). The monoisotopic (exact) mass is 470 g/mol. The van der Waals surface area contributed by atoms with Gasteiger partial charge in [-0.3, -0.25) is 9.59 Å². The van der Waals surface area contributed by atoms with Crippen LogP contribution in [0.5, 0.6) is 0 Å². The topological polar surface area (TPSA) is 43.4 Å². The van der Waals surface area contributed by atoms with Gasteiger partial charge in [0.1, 0.15) is 11.9 Å². The Balaban J connectivity index is 1.56. The number of ketones is 1. The minimum atomic E-state index is -0.132. The Bertz CT molecular complexity index is 851. The first-order chi connectivity index (χ1) is 15.8. The van der Waals surface area contributed by atoms with Crippen molar-refractivity contribution in [1.29, 1.82) is 0 Å². The maximum atomic E-state index is 12.3. The fourth-order valence-electron chi connectivity index (χ4n) is 9.52. The third-order valence-electron chi connectivity index (χ3n) is 11.4. The lowest BCUT2D eigenvalue weighted by Gasteiger charge is -2.60. The number of fused-ring (bicyclic) bond motifs is 4. The fraction of sp³-hybridized carbons (Fsp3) is 0.871. The predicted octanol–water partition coefficient (Wildman–Crippen LogP) is 7.92. The van der Waals surface area contributed by atoms with Crippen LogP contribution in [0, 0.1) is 45.8 Å². The van der Waals surface area contributed by atoms with Gasteiger partial charge in [-0.15, -0.1) is 0 Å². The molecule has 7 atom stereocenters. The summed E-state index contributed by atoms with van der Waals surface area (Å²) in [7, 11) is 0. The van der Waals surface area contributed by atoms with Crippen molar-refractivity contribution in [2.75, 3.05) is 0 Å². The van der Waals surface area contributed by atoms with E-state index in [4.69, 9.17) is 4.74 Å². The van der Waals surface area contributed by atoms with E-state index in [1.165, 1.54) is 38.5 Å². The molecule has 0 heterocycles. The van der Waals surface area contributed by atoms with Crippen molar-refractivity contribution in [2.24, 2.45) is 45.8 Å². The van der Waals surface area contributed by atoms with E-state index in [-0.39, 0.29) is 28.8 Å². The van der Waals surface area contributed by atoms with Crippen molar-refractivity contribution in [2.45, 2.75) is 126 Å². The van der Waals surface area contributed by atoms with E-state index in [1.807, 2.05) is 19.4 Å². The normalized spacial score (nSPS) is 39.8. The van der Waals surface area contributed by atoms with E-state index in [1.54, 1.807) is 12.5 Å². The lowest BCUT2D eigenvalue weighted by atomic mass is 9.45. The maximum absolute atomic E-state index is 12.3. The molecule has 4 aliphatic rings. The van der Waals surface area contributed by atoms with Gasteiger partial charge in [0, 0.05) is 24.7 Å². The molecular weight excluding hydrogens is 420 g/mol. The van der Waals surface area contributed by atoms with Crippen LogP contribution in [0.25, 0.3) is 0 Å². The molecule has 0 aromatic heterocycles. The molecular formula is C31H50O3. The highest BCUT2D eigenvalue weighted by molar-refractivity contribution is 5.80. The van der Waals surface area contributed by atoms with Gasteiger partial charge in [-0.1, -0.05) is 59.6 Å². The smallest absolute Gasteiger partial charge is 0.302 e. The summed E-state index contributed by atoms with van der Waals surface area (Å²) in [5.74, 6) is 3.15. The van der Waals surface area contributed by atoms with Crippen LogP contribution >= 0.6 is 0 Å². The second-order valence-electron chi connectivity index (χ2n) is 13.8. The van der Waals surface area contributed by atoms with Gasteiger partial charge in [0.05, 0.1) is 0 Å². The molecule has 0 spiro atoms. The first kappa shape index (κ1) is 26.0. The molecule has 7 unspecified atom stereocenters. The van der Waals surface area contributed by atoms with Crippen molar-refractivity contribution >= 4 is 11.8 Å². The number of esters is 1. The number of carbonyl (C=O) groups excluding carboxylic acids is 2. The Morgan fingerprint density at radius 2 is 1.68 bits per heavy atom. The van der Waals surface area contributed by atoms with Gasteiger partial charge < -0.3 is 4.74 Å². The van der Waals surface area contributed by atoms with Crippen LogP contribution in [0.15, 0.2) is 11.1 Å².